The zero-order valence-corrected chi connectivity index (χ0v) is 11.4. The van der Waals surface area contributed by atoms with E-state index in [2.05, 4.69) is 4.90 Å². The van der Waals surface area contributed by atoms with Gasteiger partial charge < -0.3 is 20.5 Å². The molecule has 0 radical (unpaired) electrons. The van der Waals surface area contributed by atoms with Crippen molar-refractivity contribution in [2.75, 3.05) is 26.2 Å². The summed E-state index contributed by atoms with van der Waals surface area (Å²) in [7, 11) is 0. The minimum atomic E-state index is -0.140. The van der Waals surface area contributed by atoms with E-state index in [4.69, 9.17) is 10.5 Å². The first kappa shape index (κ1) is 14.3. The summed E-state index contributed by atoms with van der Waals surface area (Å²) in [6, 6.07) is 7.92. The Balaban J connectivity index is 1.63. The largest absolute Gasteiger partial charge is 0.494 e. The van der Waals surface area contributed by atoms with Crippen molar-refractivity contribution in [2.45, 2.75) is 31.9 Å². The van der Waals surface area contributed by atoms with Crippen molar-refractivity contribution in [1.82, 2.24) is 4.90 Å². The van der Waals surface area contributed by atoms with E-state index in [0.717, 1.165) is 50.2 Å². The summed E-state index contributed by atoms with van der Waals surface area (Å²) < 4.78 is 5.69. The highest BCUT2D eigenvalue weighted by Gasteiger charge is 2.16. The number of rotatable bonds is 6. The number of nitrogens with zero attached hydrogens (tertiary/aromatic N) is 1. The van der Waals surface area contributed by atoms with Crippen LogP contribution in [-0.4, -0.2) is 42.4 Å². The van der Waals surface area contributed by atoms with E-state index in [1.54, 1.807) is 0 Å². The molecule has 0 spiro atoms. The molecule has 0 aliphatic carbocycles. The molecule has 4 heteroatoms. The van der Waals surface area contributed by atoms with Crippen LogP contribution >= 0.6 is 0 Å². The van der Waals surface area contributed by atoms with Crippen LogP contribution < -0.4 is 10.5 Å². The van der Waals surface area contributed by atoms with Gasteiger partial charge in [-0.25, -0.2) is 0 Å². The number of aliphatic hydroxyl groups is 1. The lowest BCUT2D eigenvalue weighted by Gasteiger charge is -2.29. The number of hydrogen-bond donors (Lipinski definition) is 2. The van der Waals surface area contributed by atoms with Crippen molar-refractivity contribution in [3.63, 3.8) is 0 Å². The minimum absolute atomic E-state index is 0.140. The smallest absolute Gasteiger partial charge is 0.119 e. The molecule has 19 heavy (non-hydrogen) atoms. The second kappa shape index (κ2) is 7.48. The molecule has 0 bridgehead atoms. The summed E-state index contributed by atoms with van der Waals surface area (Å²) in [5.74, 6) is 0.899. The van der Waals surface area contributed by atoms with Gasteiger partial charge in [-0.05, 0) is 43.5 Å². The van der Waals surface area contributed by atoms with E-state index in [0.29, 0.717) is 13.2 Å². The van der Waals surface area contributed by atoms with E-state index in [1.165, 1.54) is 0 Å². The molecule has 1 fully saturated rings. The van der Waals surface area contributed by atoms with Crippen LogP contribution in [0.15, 0.2) is 24.3 Å². The standard InChI is InChI=1S/C15H24N2O2/c16-11-13-4-6-15(7-5-13)19-10-2-9-17-8-1-3-14(18)12-17/h4-7,14,18H,1-3,8-12,16H2. The maximum atomic E-state index is 9.58. The molecule has 4 nitrogen and oxygen atoms in total. The molecule has 1 unspecified atom stereocenters. The lowest BCUT2D eigenvalue weighted by Crippen LogP contribution is -2.39. The highest BCUT2D eigenvalue weighted by molar-refractivity contribution is 5.26. The number of ether oxygens (including phenoxy) is 1. The Morgan fingerprint density at radius 3 is 2.79 bits per heavy atom. The third kappa shape index (κ3) is 4.82. The molecule has 2 rings (SSSR count). The summed E-state index contributed by atoms with van der Waals surface area (Å²) >= 11 is 0. The summed E-state index contributed by atoms with van der Waals surface area (Å²) in [6.07, 6.45) is 2.90. The molecule has 0 amide bonds. The third-order valence-electron chi connectivity index (χ3n) is 3.53. The van der Waals surface area contributed by atoms with Gasteiger partial charge in [0.25, 0.3) is 0 Å². The Bertz CT molecular complexity index is 367. The minimum Gasteiger partial charge on any atom is -0.494 e. The van der Waals surface area contributed by atoms with Crippen LogP contribution in [0.1, 0.15) is 24.8 Å². The Labute approximate surface area is 115 Å². The lowest BCUT2D eigenvalue weighted by atomic mass is 10.1. The molecular weight excluding hydrogens is 240 g/mol. The molecule has 1 heterocycles. The average molecular weight is 264 g/mol. The van der Waals surface area contributed by atoms with Gasteiger partial charge in [-0.2, -0.15) is 0 Å². The fraction of sp³-hybridized carbons (Fsp3) is 0.600. The number of likely N-dealkylation sites (tertiary alicyclic amines) is 1. The average Bonchev–Trinajstić information content (AvgIpc) is 2.44. The number of hydrogen-bond acceptors (Lipinski definition) is 4. The topological polar surface area (TPSA) is 58.7 Å². The summed E-state index contributed by atoms with van der Waals surface area (Å²) in [6.45, 7) is 4.19. The number of β-amino-alcohol motifs (C(OH)–C–C–N with tert-alkyl or cyclic N) is 1. The molecular formula is C15H24N2O2. The third-order valence-corrected chi connectivity index (χ3v) is 3.53. The first-order valence-electron chi connectivity index (χ1n) is 7.10. The fourth-order valence-electron chi connectivity index (χ4n) is 2.43. The van der Waals surface area contributed by atoms with Gasteiger partial charge in [0.1, 0.15) is 5.75 Å². The van der Waals surface area contributed by atoms with E-state index in [-0.39, 0.29) is 6.10 Å². The number of benzene rings is 1. The first-order valence-corrected chi connectivity index (χ1v) is 7.10. The summed E-state index contributed by atoms with van der Waals surface area (Å²) in [5, 5.41) is 9.58. The Hall–Kier alpha value is -1.10. The number of aliphatic hydroxyl groups excluding tert-OH is 1. The summed E-state index contributed by atoms with van der Waals surface area (Å²) in [4.78, 5) is 2.31. The maximum absolute atomic E-state index is 9.58. The zero-order valence-electron chi connectivity index (χ0n) is 11.4. The van der Waals surface area contributed by atoms with E-state index in [1.807, 2.05) is 24.3 Å². The van der Waals surface area contributed by atoms with Crippen LogP contribution in [0.2, 0.25) is 0 Å². The molecule has 1 aromatic rings. The van der Waals surface area contributed by atoms with Gasteiger partial charge in [-0.15, -0.1) is 0 Å². The van der Waals surface area contributed by atoms with Crippen molar-refractivity contribution in [1.29, 1.82) is 0 Å². The monoisotopic (exact) mass is 264 g/mol. The predicted molar refractivity (Wildman–Crippen MR) is 76.1 cm³/mol. The first-order chi connectivity index (χ1) is 9.28. The van der Waals surface area contributed by atoms with Crippen LogP contribution in [0.5, 0.6) is 5.75 Å². The molecule has 1 aliphatic heterocycles. The van der Waals surface area contributed by atoms with Gasteiger partial charge in [0.05, 0.1) is 12.7 Å². The van der Waals surface area contributed by atoms with E-state index >= 15 is 0 Å². The fourth-order valence-corrected chi connectivity index (χ4v) is 2.43. The highest BCUT2D eigenvalue weighted by atomic mass is 16.5. The Kier molecular flexibility index (Phi) is 5.63. The van der Waals surface area contributed by atoms with Crippen molar-refractivity contribution < 1.29 is 9.84 Å². The molecule has 0 aromatic heterocycles. The van der Waals surface area contributed by atoms with Crippen molar-refractivity contribution in [3.8, 4) is 5.75 Å². The maximum Gasteiger partial charge on any atom is 0.119 e. The Morgan fingerprint density at radius 1 is 1.32 bits per heavy atom. The van der Waals surface area contributed by atoms with Gasteiger partial charge in [0.15, 0.2) is 0 Å². The predicted octanol–water partition coefficient (Wildman–Crippen LogP) is 1.37. The van der Waals surface area contributed by atoms with Crippen molar-refractivity contribution in [3.05, 3.63) is 29.8 Å². The van der Waals surface area contributed by atoms with E-state index < -0.39 is 0 Å². The second-order valence-electron chi connectivity index (χ2n) is 5.15. The molecule has 1 saturated heterocycles. The van der Waals surface area contributed by atoms with Crippen LogP contribution in [0.25, 0.3) is 0 Å². The van der Waals surface area contributed by atoms with Crippen LogP contribution in [0.4, 0.5) is 0 Å². The van der Waals surface area contributed by atoms with E-state index in [9.17, 15) is 5.11 Å². The van der Waals surface area contributed by atoms with Crippen molar-refractivity contribution >= 4 is 0 Å². The molecule has 1 atom stereocenters. The summed E-state index contributed by atoms with van der Waals surface area (Å²) in [5.41, 5.74) is 6.67. The van der Waals surface area contributed by atoms with Gasteiger partial charge in [-0.1, -0.05) is 12.1 Å². The number of nitrogens with two attached hydrogens (primary N) is 1. The van der Waals surface area contributed by atoms with Gasteiger partial charge in [0, 0.05) is 19.6 Å². The molecule has 106 valence electrons. The van der Waals surface area contributed by atoms with Crippen LogP contribution in [0, 0.1) is 0 Å². The second-order valence-corrected chi connectivity index (χ2v) is 5.15. The van der Waals surface area contributed by atoms with Crippen molar-refractivity contribution in [2.24, 2.45) is 5.73 Å². The number of piperidine rings is 1. The van der Waals surface area contributed by atoms with Gasteiger partial charge in [-0.3, -0.25) is 0 Å². The zero-order chi connectivity index (χ0) is 13.5. The quantitative estimate of drug-likeness (QED) is 0.762. The molecule has 0 saturated carbocycles. The van der Waals surface area contributed by atoms with Gasteiger partial charge in [0.2, 0.25) is 0 Å². The molecule has 1 aromatic carbocycles. The Morgan fingerprint density at radius 2 is 2.11 bits per heavy atom. The van der Waals surface area contributed by atoms with Gasteiger partial charge >= 0.3 is 0 Å². The SMILES string of the molecule is NCc1ccc(OCCCN2CCCC(O)C2)cc1. The molecule has 1 aliphatic rings. The molecule has 3 N–H and O–H groups in total. The normalized spacial score (nSPS) is 20.4. The lowest BCUT2D eigenvalue weighted by molar-refractivity contribution is 0.0679. The highest BCUT2D eigenvalue weighted by Crippen LogP contribution is 2.13. The van der Waals surface area contributed by atoms with Crippen LogP contribution in [0.3, 0.4) is 0 Å². The van der Waals surface area contributed by atoms with Crippen LogP contribution in [-0.2, 0) is 6.54 Å².